The molecule has 8 heteroatoms. The number of unbranched alkanes of at least 4 members (excludes halogenated alkanes) is 8. The number of rotatable bonds is 21. The van der Waals surface area contributed by atoms with Gasteiger partial charge in [-0.15, -0.1) is 0 Å². The zero-order chi connectivity index (χ0) is 27.5. The molecule has 212 valence electrons. The predicted molar refractivity (Wildman–Crippen MR) is 141 cm³/mol. The van der Waals surface area contributed by atoms with Crippen molar-refractivity contribution in [3.8, 4) is 5.75 Å². The highest BCUT2D eigenvalue weighted by Crippen LogP contribution is 2.20. The van der Waals surface area contributed by atoms with E-state index in [2.05, 4.69) is 18.7 Å². The molecule has 0 saturated carbocycles. The van der Waals surface area contributed by atoms with E-state index in [9.17, 15) is 22.8 Å². The number of ether oxygens (including phenoxy) is 2. The van der Waals surface area contributed by atoms with Gasteiger partial charge in [-0.1, -0.05) is 76.8 Å². The van der Waals surface area contributed by atoms with E-state index in [0.717, 1.165) is 12.8 Å². The quantitative estimate of drug-likeness (QED) is 0.124. The normalized spacial score (nSPS) is 12.5. The summed E-state index contributed by atoms with van der Waals surface area (Å²) in [5.74, 6) is -1.38. The molecule has 0 spiro atoms. The summed E-state index contributed by atoms with van der Waals surface area (Å²) in [5, 5.41) is 0. The van der Waals surface area contributed by atoms with Crippen molar-refractivity contribution in [2.45, 2.75) is 110 Å². The second kappa shape index (κ2) is 19.0. The lowest BCUT2D eigenvalue weighted by molar-refractivity contribution is -0.171. The molecular weight excluding hydrogens is 483 g/mol. The zero-order valence-corrected chi connectivity index (χ0v) is 22.9. The highest BCUT2D eigenvalue weighted by Gasteiger charge is 2.37. The van der Waals surface area contributed by atoms with Crippen molar-refractivity contribution in [2.75, 3.05) is 26.3 Å². The van der Waals surface area contributed by atoms with Crippen LogP contribution in [-0.2, 0) is 20.7 Å². The van der Waals surface area contributed by atoms with Crippen molar-refractivity contribution < 1.29 is 32.2 Å². The SMILES string of the molecule is CCCCCCCCCCCC(C)N(CCOc1ccc(CCC(=O)C(F)(F)F)cc1)CC(=O)OCC. The van der Waals surface area contributed by atoms with Crippen LogP contribution in [0, 0.1) is 0 Å². The van der Waals surface area contributed by atoms with E-state index in [-0.39, 0.29) is 25.0 Å². The molecule has 0 aliphatic carbocycles. The maximum Gasteiger partial charge on any atom is 0.449 e. The van der Waals surface area contributed by atoms with Crippen molar-refractivity contribution in [1.82, 2.24) is 4.90 Å². The third-order valence-corrected chi connectivity index (χ3v) is 6.51. The van der Waals surface area contributed by atoms with Crippen molar-refractivity contribution in [2.24, 2.45) is 0 Å². The number of ketones is 1. The molecule has 37 heavy (non-hydrogen) atoms. The van der Waals surface area contributed by atoms with Gasteiger partial charge in [0.15, 0.2) is 0 Å². The summed E-state index contributed by atoms with van der Waals surface area (Å²) in [4.78, 5) is 25.3. The van der Waals surface area contributed by atoms with Gasteiger partial charge >= 0.3 is 12.1 Å². The summed E-state index contributed by atoms with van der Waals surface area (Å²) in [6.07, 6.45) is 7.12. The van der Waals surface area contributed by atoms with Crippen LogP contribution in [0.5, 0.6) is 5.75 Å². The summed E-state index contributed by atoms with van der Waals surface area (Å²) >= 11 is 0. The van der Waals surface area contributed by atoms with Crippen LogP contribution in [0.4, 0.5) is 13.2 Å². The minimum absolute atomic E-state index is 0.0301. The smallest absolute Gasteiger partial charge is 0.449 e. The van der Waals surface area contributed by atoms with Gasteiger partial charge in [0.1, 0.15) is 12.4 Å². The predicted octanol–water partition coefficient (Wildman–Crippen LogP) is 7.30. The number of carbonyl (C=O) groups excluding carboxylic acids is 2. The number of carbonyl (C=O) groups is 2. The average molecular weight is 530 g/mol. The Morgan fingerprint density at radius 2 is 1.51 bits per heavy atom. The Hall–Kier alpha value is -2.09. The lowest BCUT2D eigenvalue weighted by Crippen LogP contribution is -2.40. The van der Waals surface area contributed by atoms with E-state index in [0.29, 0.717) is 31.1 Å². The Balaban J connectivity index is 2.43. The van der Waals surface area contributed by atoms with Gasteiger partial charge in [0, 0.05) is 19.0 Å². The molecule has 5 nitrogen and oxygen atoms in total. The van der Waals surface area contributed by atoms with Crippen LogP contribution >= 0.6 is 0 Å². The van der Waals surface area contributed by atoms with E-state index >= 15 is 0 Å². The van der Waals surface area contributed by atoms with E-state index in [4.69, 9.17) is 9.47 Å². The molecule has 1 atom stereocenters. The monoisotopic (exact) mass is 529 g/mol. The fourth-order valence-corrected chi connectivity index (χ4v) is 4.19. The fourth-order valence-electron chi connectivity index (χ4n) is 4.19. The number of benzene rings is 1. The highest BCUT2D eigenvalue weighted by molar-refractivity contribution is 5.84. The first kappa shape index (κ1) is 32.9. The van der Waals surface area contributed by atoms with Crippen LogP contribution in [-0.4, -0.2) is 55.2 Å². The molecule has 0 aliphatic rings. The lowest BCUT2D eigenvalue weighted by Gasteiger charge is -2.28. The van der Waals surface area contributed by atoms with Crippen molar-refractivity contribution in [1.29, 1.82) is 0 Å². The number of hydrogen-bond acceptors (Lipinski definition) is 5. The Kier molecular flexibility index (Phi) is 17.0. The molecule has 0 saturated heterocycles. The topological polar surface area (TPSA) is 55.8 Å². The number of aryl methyl sites for hydroxylation is 1. The van der Waals surface area contributed by atoms with Crippen LogP contribution in [0.2, 0.25) is 0 Å². The molecular formula is C29H46F3NO4. The van der Waals surface area contributed by atoms with Gasteiger partial charge in [-0.3, -0.25) is 14.5 Å². The Labute approximate surface area is 221 Å². The van der Waals surface area contributed by atoms with Crippen LogP contribution < -0.4 is 4.74 Å². The molecule has 0 amide bonds. The molecule has 0 heterocycles. The maximum absolute atomic E-state index is 12.4. The fraction of sp³-hybridized carbons (Fsp3) is 0.724. The maximum atomic E-state index is 12.4. The van der Waals surface area contributed by atoms with Crippen LogP contribution in [0.25, 0.3) is 0 Å². The number of Topliss-reactive ketones (excluding diaryl/α,β-unsaturated/α-hetero) is 1. The van der Waals surface area contributed by atoms with Crippen LogP contribution in [0.3, 0.4) is 0 Å². The van der Waals surface area contributed by atoms with Gasteiger partial charge in [0.2, 0.25) is 5.78 Å². The first-order valence-corrected chi connectivity index (χ1v) is 13.9. The van der Waals surface area contributed by atoms with Gasteiger partial charge in [-0.2, -0.15) is 13.2 Å². The summed E-state index contributed by atoms with van der Waals surface area (Å²) in [6.45, 7) is 7.63. The number of esters is 1. The standard InChI is InChI=1S/C29H46F3NO4/c1-4-6-7-8-9-10-11-12-13-14-24(3)33(23-28(35)36-5-2)21-22-37-26-18-15-25(16-19-26)17-20-27(34)29(30,31)32/h15-16,18-19,24H,4-14,17,20-23H2,1-3H3. The van der Waals surface area contributed by atoms with Crippen molar-refractivity contribution in [3.63, 3.8) is 0 Å². The number of hydrogen-bond donors (Lipinski definition) is 0. The molecule has 0 N–H and O–H groups in total. The second-order valence-electron chi connectivity index (χ2n) is 9.65. The van der Waals surface area contributed by atoms with E-state index < -0.39 is 18.4 Å². The first-order valence-electron chi connectivity index (χ1n) is 13.9. The van der Waals surface area contributed by atoms with Crippen LogP contribution in [0.1, 0.15) is 97.0 Å². The molecule has 0 bridgehead atoms. The largest absolute Gasteiger partial charge is 0.492 e. The van der Waals surface area contributed by atoms with Crippen LogP contribution in [0.15, 0.2) is 24.3 Å². The molecule has 0 radical (unpaired) electrons. The zero-order valence-electron chi connectivity index (χ0n) is 22.9. The molecule has 1 unspecified atom stereocenters. The van der Waals surface area contributed by atoms with E-state index in [1.165, 1.54) is 51.4 Å². The lowest BCUT2D eigenvalue weighted by atomic mass is 10.0. The minimum Gasteiger partial charge on any atom is -0.492 e. The number of nitrogens with zero attached hydrogens (tertiary/aromatic N) is 1. The van der Waals surface area contributed by atoms with E-state index in [1.54, 1.807) is 31.2 Å². The Bertz CT molecular complexity index is 753. The van der Waals surface area contributed by atoms with Gasteiger partial charge in [0.25, 0.3) is 0 Å². The van der Waals surface area contributed by atoms with E-state index in [1.807, 2.05) is 0 Å². The van der Waals surface area contributed by atoms with Gasteiger partial charge in [0.05, 0.1) is 13.2 Å². The average Bonchev–Trinajstić information content (AvgIpc) is 2.85. The minimum atomic E-state index is -4.79. The van der Waals surface area contributed by atoms with Gasteiger partial charge in [-0.05, 0) is 44.4 Å². The third-order valence-electron chi connectivity index (χ3n) is 6.51. The molecule has 1 rings (SSSR count). The molecule has 0 aliphatic heterocycles. The number of halogens is 3. The third kappa shape index (κ3) is 15.7. The summed E-state index contributed by atoms with van der Waals surface area (Å²) < 4.78 is 48.1. The highest BCUT2D eigenvalue weighted by atomic mass is 19.4. The first-order chi connectivity index (χ1) is 17.7. The summed E-state index contributed by atoms with van der Waals surface area (Å²) in [6, 6.07) is 6.93. The number of alkyl halides is 3. The summed E-state index contributed by atoms with van der Waals surface area (Å²) in [7, 11) is 0. The summed E-state index contributed by atoms with van der Waals surface area (Å²) in [5.41, 5.74) is 0.642. The van der Waals surface area contributed by atoms with Gasteiger partial charge in [-0.25, -0.2) is 0 Å². The van der Waals surface area contributed by atoms with Crippen molar-refractivity contribution in [3.05, 3.63) is 29.8 Å². The van der Waals surface area contributed by atoms with Crippen molar-refractivity contribution >= 4 is 11.8 Å². The second-order valence-corrected chi connectivity index (χ2v) is 9.65. The molecule has 1 aromatic carbocycles. The Morgan fingerprint density at radius 1 is 0.919 bits per heavy atom. The molecule has 0 aromatic heterocycles. The van der Waals surface area contributed by atoms with Gasteiger partial charge < -0.3 is 9.47 Å². The molecule has 1 aromatic rings. The molecule has 0 fully saturated rings. The Morgan fingerprint density at radius 3 is 2.08 bits per heavy atom.